The summed E-state index contributed by atoms with van der Waals surface area (Å²) in [7, 11) is 0. The summed E-state index contributed by atoms with van der Waals surface area (Å²) < 4.78 is 15.3. The molecular weight excluding hydrogens is 205 g/mol. The third-order valence-corrected chi connectivity index (χ3v) is 2.55. The van der Waals surface area contributed by atoms with Crippen LogP contribution in [-0.4, -0.2) is 16.1 Å². The number of benzene rings is 1. The number of imidazole rings is 1. The van der Waals surface area contributed by atoms with Crippen molar-refractivity contribution in [3.8, 4) is 5.69 Å². The number of nitrogens with zero attached hydrogens (tertiary/aromatic N) is 2. The molecule has 0 radical (unpaired) electrons. The van der Waals surface area contributed by atoms with Crippen LogP contribution in [0.15, 0.2) is 30.7 Å². The van der Waals surface area contributed by atoms with Crippen LogP contribution in [0.5, 0.6) is 0 Å². The van der Waals surface area contributed by atoms with E-state index in [1.807, 2.05) is 10.6 Å². The van der Waals surface area contributed by atoms with Gasteiger partial charge < -0.3 is 10.3 Å². The van der Waals surface area contributed by atoms with E-state index in [0.29, 0.717) is 12.1 Å². The molecule has 0 atom stereocenters. The predicted molar refractivity (Wildman–Crippen MR) is 61.0 cm³/mol. The smallest absolute Gasteiger partial charge is 0.128 e. The fourth-order valence-corrected chi connectivity index (χ4v) is 1.62. The van der Waals surface area contributed by atoms with Crippen LogP contribution in [0.1, 0.15) is 11.3 Å². The maximum absolute atomic E-state index is 13.4. The van der Waals surface area contributed by atoms with Gasteiger partial charge in [-0.15, -0.1) is 0 Å². The lowest BCUT2D eigenvalue weighted by molar-refractivity contribution is 0.617. The lowest BCUT2D eigenvalue weighted by Gasteiger charge is -2.08. The van der Waals surface area contributed by atoms with Gasteiger partial charge in [0.15, 0.2) is 0 Å². The number of aromatic nitrogens is 2. The Balaban J connectivity index is 2.42. The zero-order valence-corrected chi connectivity index (χ0v) is 9.15. The van der Waals surface area contributed by atoms with Crippen molar-refractivity contribution in [1.29, 1.82) is 0 Å². The molecule has 0 bridgehead atoms. The van der Waals surface area contributed by atoms with Crippen molar-refractivity contribution in [2.24, 2.45) is 5.73 Å². The van der Waals surface area contributed by atoms with Gasteiger partial charge in [0.05, 0.1) is 6.33 Å². The number of hydrogen-bond donors (Lipinski definition) is 1. The van der Waals surface area contributed by atoms with Crippen molar-refractivity contribution in [2.75, 3.05) is 6.54 Å². The SMILES string of the molecule is Cc1ccc(-n2cncc2CCN)cc1F. The molecule has 1 heterocycles. The summed E-state index contributed by atoms with van der Waals surface area (Å²) in [5.74, 6) is -0.204. The summed E-state index contributed by atoms with van der Waals surface area (Å²) in [5, 5.41) is 0. The van der Waals surface area contributed by atoms with E-state index in [9.17, 15) is 4.39 Å². The van der Waals surface area contributed by atoms with Crippen LogP contribution in [0.4, 0.5) is 4.39 Å². The third-order valence-electron chi connectivity index (χ3n) is 2.55. The number of halogens is 1. The quantitative estimate of drug-likeness (QED) is 0.855. The molecule has 2 N–H and O–H groups in total. The van der Waals surface area contributed by atoms with Crippen LogP contribution in [0, 0.1) is 12.7 Å². The average molecular weight is 219 g/mol. The molecule has 1 aromatic heterocycles. The molecule has 16 heavy (non-hydrogen) atoms. The number of hydrogen-bond acceptors (Lipinski definition) is 2. The zero-order valence-electron chi connectivity index (χ0n) is 9.15. The third kappa shape index (κ3) is 1.97. The summed E-state index contributed by atoms with van der Waals surface area (Å²) >= 11 is 0. The van der Waals surface area contributed by atoms with Gasteiger partial charge in [0.25, 0.3) is 0 Å². The molecule has 2 rings (SSSR count). The van der Waals surface area contributed by atoms with E-state index < -0.39 is 0 Å². The molecule has 0 spiro atoms. The van der Waals surface area contributed by atoms with Crippen molar-refractivity contribution in [1.82, 2.24) is 9.55 Å². The van der Waals surface area contributed by atoms with Crippen LogP contribution >= 0.6 is 0 Å². The molecule has 0 aliphatic carbocycles. The second-order valence-electron chi connectivity index (χ2n) is 3.73. The summed E-state index contributed by atoms with van der Waals surface area (Å²) in [5.41, 5.74) is 7.92. The summed E-state index contributed by atoms with van der Waals surface area (Å²) in [6.45, 7) is 2.30. The minimum Gasteiger partial charge on any atom is -0.330 e. The van der Waals surface area contributed by atoms with Crippen LogP contribution in [0.25, 0.3) is 5.69 Å². The number of aryl methyl sites for hydroxylation is 1. The summed E-state index contributed by atoms with van der Waals surface area (Å²) in [6.07, 6.45) is 4.16. The van der Waals surface area contributed by atoms with E-state index in [-0.39, 0.29) is 5.82 Å². The van der Waals surface area contributed by atoms with Crippen molar-refractivity contribution >= 4 is 0 Å². The van der Waals surface area contributed by atoms with Gasteiger partial charge in [0.2, 0.25) is 0 Å². The molecule has 0 fully saturated rings. The van der Waals surface area contributed by atoms with Crippen molar-refractivity contribution in [3.05, 3.63) is 47.8 Å². The highest BCUT2D eigenvalue weighted by molar-refractivity contribution is 5.36. The molecule has 0 saturated heterocycles. The van der Waals surface area contributed by atoms with Gasteiger partial charge in [0.1, 0.15) is 5.82 Å². The molecule has 0 unspecified atom stereocenters. The molecule has 0 saturated carbocycles. The molecule has 2 aromatic rings. The lowest BCUT2D eigenvalue weighted by atomic mass is 10.2. The first kappa shape index (κ1) is 10.8. The first-order valence-corrected chi connectivity index (χ1v) is 5.20. The van der Waals surface area contributed by atoms with Crippen LogP contribution in [0.2, 0.25) is 0 Å². The Kier molecular flexibility index (Phi) is 3.01. The molecule has 84 valence electrons. The van der Waals surface area contributed by atoms with Crippen LogP contribution < -0.4 is 5.73 Å². The van der Waals surface area contributed by atoms with Crippen molar-refractivity contribution in [3.63, 3.8) is 0 Å². The average Bonchev–Trinajstić information content (AvgIpc) is 2.71. The topological polar surface area (TPSA) is 43.8 Å². The second-order valence-corrected chi connectivity index (χ2v) is 3.73. The minimum atomic E-state index is -0.204. The fraction of sp³-hybridized carbons (Fsp3) is 0.250. The van der Waals surface area contributed by atoms with Gasteiger partial charge in [-0.2, -0.15) is 0 Å². The van der Waals surface area contributed by atoms with E-state index >= 15 is 0 Å². The summed E-state index contributed by atoms with van der Waals surface area (Å²) in [4.78, 5) is 4.05. The van der Waals surface area contributed by atoms with Crippen LogP contribution in [-0.2, 0) is 6.42 Å². The Hall–Kier alpha value is -1.68. The maximum atomic E-state index is 13.4. The molecule has 3 nitrogen and oxygen atoms in total. The van der Waals surface area contributed by atoms with Gasteiger partial charge in [0, 0.05) is 24.0 Å². The normalized spacial score (nSPS) is 10.7. The van der Waals surface area contributed by atoms with Crippen LogP contribution in [0.3, 0.4) is 0 Å². The fourth-order valence-electron chi connectivity index (χ4n) is 1.62. The first-order valence-electron chi connectivity index (χ1n) is 5.20. The zero-order chi connectivity index (χ0) is 11.5. The standard InChI is InChI=1S/C12H14FN3/c1-9-2-3-10(6-12(9)13)16-8-15-7-11(16)4-5-14/h2-3,6-8H,4-5,14H2,1H3. The lowest BCUT2D eigenvalue weighted by Crippen LogP contribution is -2.07. The molecule has 0 aliphatic rings. The number of rotatable bonds is 3. The Morgan fingerprint density at radius 1 is 1.44 bits per heavy atom. The molecular formula is C12H14FN3. The van der Waals surface area contributed by atoms with E-state index in [0.717, 1.165) is 17.8 Å². The van der Waals surface area contributed by atoms with E-state index in [1.165, 1.54) is 6.07 Å². The minimum absolute atomic E-state index is 0.204. The molecule has 1 aromatic carbocycles. The molecule has 4 heteroatoms. The molecule has 0 aliphatic heterocycles. The Labute approximate surface area is 93.7 Å². The largest absolute Gasteiger partial charge is 0.330 e. The van der Waals surface area contributed by atoms with Gasteiger partial charge in [-0.3, -0.25) is 0 Å². The first-order chi connectivity index (χ1) is 7.72. The van der Waals surface area contributed by atoms with Crippen molar-refractivity contribution < 1.29 is 4.39 Å². The summed E-state index contributed by atoms with van der Waals surface area (Å²) in [6, 6.07) is 5.15. The van der Waals surface area contributed by atoms with E-state index in [1.54, 1.807) is 25.5 Å². The highest BCUT2D eigenvalue weighted by Gasteiger charge is 2.05. The maximum Gasteiger partial charge on any atom is 0.128 e. The predicted octanol–water partition coefficient (Wildman–Crippen LogP) is 1.82. The monoisotopic (exact) mass is 219 g/mol. The van der Waals surface area contributed by atoms with E-state index in [2.05, 4.69) is 4.98 Å². The Morgan fingerprint density at radius 2 is 2.25 bits per heavy atom. The van der Waals surface area contributed by atoms with Gasteiger partial charge in [-0.1, -0.05) is 6.07 Å². The number of nitrogens with two attached hydrogens (primary N) is 1. The Bertz CT molecular complexity index is 491. The van der Waals surface area contributed by atoms with E-state index in [4.69, 9.17) is 5.73 Å². The Morgan fingerprint density at radius 3 is 2.94 bits per heavy atom. The highest BCUT2D eigenvalue weighted by atomic mass is 19.1. The van der Waals surface area contributed by atoms with Gasteiger partial charge in [-0.25, -0.2) is 9.37 Å². The molecule has 0 amide bonds. The second kappa shape index (κ2) is 4.45. The van der Waals surface area contributed by atoms with Crippen molar-refractivity contribution in [2.45, 2.75) is 13.3 Å². The van der Waals surface area contributed by atoms with Gasteiger partial charge >= 0.3 is 0 Å². The highest BCUT2D eigenvalue weighted by Crippen LogP contribution is 2.15. The van der Waals surface area contributed by atoms with Gasteiger partial charge in [-0.05, 0) is 31.2 Å².